The number of esters is 1. The Balaban J connectivity index is 1.78. The van der Waals surface area contributed by atoms with Gasteiger partial charge in [0.2, 0.25) is 0 Å². The molecule has 0 atom stereocenters. The van der Waals surface area contributed by atoms with Crippen LogP contribution in [0.25, 0.3) is 0 Å². The molecule has 0 unspecified atom stereocenters. The van der Waals surface area contributed by atoms with Crippen molar-refractivity contribution in [2.24, 2.45) is 5.92 Å². The summed E-state index contributed by atoms with van der Waals surface area (Å²) in [6.45, 7) is 8.58. The minimum absolute atomic E-state index is 0.00550. The minimum Gasteiger partial charge on any atom is -0.459 e. The molecule has 1 saturated heterocycles. The van der Waals surface area contributed by atoms with Crippen LogP contribution in [0, 0.1) is 5.92 Å². The highest BCUT2D eigenvalue weighted by Crippen LogP contribution is 2.29. The van der Waals surface area contributed by atoms with Crippen LogP contribution >= 0.6 is 0 Å². The molecule has 34 heavy (non-hydrogen) atoms. The fraction of sp³-hybridized carbons (Fsp3) is 0.968. The Kier molecular flexibility index (Phi) is 20.1. The van der Waals surface area contributed by atoms with Crippen molar-refractivity contribution in [3.05, 3.63) is 0 Å². The Bertz CT molecular complexity index is 456. The molecule has 0 aromatic carbocycles. The highest BCUT2D eigenvalue weighted by molar-refractivity contribution is 5.69. The zero-order chi connectivity index (χ0) is 24.7. The van der Waals surface area contributed by atoms with E-state index < -0.39 is 0 Å². The molecule has 1 heterocycles. The maximum Gasteiger partial charge on any atom is 0.306 e. The van der Waals surface area contributed by atoms with E-state index in [1.54, 1.807) is 0 Å². The average molecular weight is 480 g/mol. The number of ether oxygens (including phenoxy) is 1. The van der Waals surface area contributed by atoms with E-state index >= 15 is 0 Å². The Hall–Kier alpha value is -0.570. The molecule has 3 heteroatoms. The van der Waals surface area contributed by atoms with E-state index in [0.29, 0.717) is 12.3 Å². The third-order valence-corrected chi connectivity index (χ3v) is 7.93. The summed E-state index contributed by atoms with van der Waals surface area (Å²) in [5.74, 6) is 0.499. The van der Waals surface area contributed by atoms with E-state index in [9.17, 15) is 4.79 Å². The Morgan fingerprint density at radius 3 is 1.38 bits per heavy atom. The highest BCUT2D eigenvalue weighted by Gasteiger charge is 2.33. The first-order chi connectivity index (χ1) is 16.6. The van der Waals surface area contributed by atoms with Crippen LogP contribution in [-0.2, 0) is 9.53 Å². The first-order valence-electron chi connectivity index (χ1n) is 15.5. The number of carbonyl (C=O) groups excluding carboxylic acids is 1. The van der Waals surface area contributed by atoms with Crippen molar-refractivity contribution < 1.29 is 9.53 Å². The second-order valence-electron chi connectivity index (χ2n) is 11.6. The van der Waals surface area contributed by atoms with Gasteiger partial charge in [-0.25, -0.2) is 0 Å². The van der Waals surface area contributed by atoms with Crippen LogP contribution < -0.4 is 5.32 Å². The number of hydrogen-bond acceptors (Lipinski definition) is 3. The van der Waals surface area contributed by atoms with Crippen LogP contribution in [-0.4, -0.2) is 24.7 Å². The van der Waals surface area contributed by atoms with Crippen molar-refractivity contribution in [1.82, 2.24) is 5.32 Å². The molecule has 0 amide bonds. The predicted octanol–water partition coefficient (Wildman–Crippen LogP) is 9.52. The van der Waals surface area contributed by atoms with Crippen LogP contribution in [0.15, 0.2) is 0 Å². The van der Waals surface area contributed by atoms with Gasteiger partial charge in [-0.15, -0.1) is 0 Å². The van der Waals surface area contributed by atoms with Crippen LogP contribution in [0.2, 0.25) is 0 Å². The fourth-order valence-electron chi connectivity index (χ4n) is 5.47. The topological polar surface area (TPSA) is 38.3 Å². The predicted molar refractivity (Wildman–Crippen MR) is 148 cm³/mol. The molecule has 0 saturated carbocycles. The van der Waals surface area contributed by atoms with Gasteiger partial charge in [0.25, 0.3) is 0 Å². The van der Waals surface area contributed by atoms with Gasteiger partial charge in [-0.1, -0.05) is 129 Å². The number of unbranched alkanes of at least 4 members (excludes halogenated alkanes) is 19. The van der Waals surface area contributed by atoms with Crippen LogP contribution in [0.4, 0.5) is 0 Å². The summed E-state index contributed by atoms with van der Waals surface area (Å²) >= 11 is 0. The molecular weight excluding hydrogens is 418 g/mol. The summed E-state index contributed by atoms with van der Waals surface area (Å²) in [5, 5.41) is 3.39. The van der Waals surface area contributed by atoms with Crippen molar-refractivity contribution in [1.29, 1.82) is 0 Å². The third kappa shape index (κ3) is 17.8. The molecule has 1 aliphatic heterocycles. The van der Waals surface area contributed by atoms with Crippen molar-refractivity contribution in [2.75, 3.05) is 13.1 Å². The first kappa shape index (κ1) is 31.5. The smallest absolute Gasteiger partial charge is 0.306 e. The van der Waals surface area contributed by atoms with Gasteiger partial charge in [-0.3, -0.25) is 4.79 Å². The van der Waals surface area contributed by atoms with Gasteiger partial charge < -0.3 is 10.1 Å². The van der Waals surface area contributed by atoms with E-state index in [1.807, 2.05) is 0 Å². The molecule has 0 aromatic heterocycles. The molecule has 3 nitrogen and oxygen atoms in total. The SMILES string of the molecule is CCCCCCCCCCCCCCCCCCCCCCC(=O)OC(C)(C)C1CCNCC1. The van der Waals surface area contributed by atoms with Crippen molar-refractivity contribution in [2.45, 2.75) is 174 Å². The highest BCUT2D eigenvalue weighted by atomic mass is 16.6. The lowest BCUT2D eigenvalue weighted by Gasteiger charge is -2.36. The van der Waals surface area contributed by atoms with Crippen LogP contribution in [0.3, 0.4) is 0 Å². The van der Waals surface area contributed by atoms with Gasteiger partial charge in [0.05, 0.1) is 0 Å². The zero-order valence-corrected chi connectivity index (χ0v) is 23.6. The van der Waals surface area contributed by atoms with Crippen molar-refractivity contribution in [3.63, 3.8) is 0 Å². The van der Waals surface area contributed by atoms with E-state index in [1.165, 1.54) is 122 Å². The summed E-state index contributed by atoms with van der Waals surface area (Å²) in [5.41, 5.74) is -0.313. The molecule has 0 aromatic rings. The van der Waals surface area contributed by atoms with Gasteiger partial charge in [-0.05, 0) is 46.2 Å². The lowest BCUT2D eigenvalue weighted by molar-refractivity contribution is -0.162. The summed E-state index contributed by atoms with van der Waals surface area (Å²) < 4.78 is 5.85. The monoisotopic (exact) mass is 479 g/mol. The molecule has 1 fully saturated rings. The lowest BCUT2D eigenvalue weighted by atomic mass is 9.83. The summed E-state index contributed by atoms with van der Waals surface area (Å²) in [6, 6.07) is 0. The molecule has 1 rings (SSSR count). The molecule has 1 aliphatic rings. The molecule has 0 aliphatic carbocycles. The molecule has 0 bridgehead atoms. The van der Waals surface area contributed by atoms with E-state index in [2.05, 4.69) is 26.1 Å². The van der Waals surface area contributed by atoms with E-state index in [-0.39, 0.29) is 11.6 Å². The van der Waals surface area contributed by atoms with E-state index in [4.69, 9.17) is 4.74 Å². The largest absolute Gasteiger partial charge is 0.459 e. The van der Waals surface area contributed by atoms with Gasteiger partial charge in [0, 0.05) is 12.3 Å². The van der Waals surface area contributed by atoms with Gasteiger partial charge in [-0.2, -0.15) is 0 Å². The number of rotatable bonds is 23. The zero-order valence-electron chi connectivity index (χ0n) is 23.6. The molecule has 0 radical (unpaired) electrons. The molecule has 202 valence electrons. The lowest BCUT2D eigenvalue weighted by Crippen LogP contribution is -2.42. The fourth-order valence-corrected chi connectivity index (χ4v) is 5.47. The average Bonchev–Trinajstić information content (AvgIpc) is 2.83. The van der Waals surface area contributed by atoms with Crippen molar-refractivity contribution in [3.8, 4) is 0 Å². The quantitative estimate of drug-likeness (QED) is 0.117. The number of nitrogens with one attached hydrogen (secondary N) is 1. The number of piperidine rings is 1. The second kappa shape index (κ2) is 21.7. The molecule has 1 N–H and O–H groups in total. The maximum atomic E-state index is 12.3. The summed E-state index contributed by atoms with van der Waals surface area (Å²) in [6.07, 6.45) is 30.5. The standard InChI is InChI=1S/C31H61NO2/c1-4-5-6-7-8-9-10-11-12-13-14-15-16-17-18-19-20-21-22-23-24-30(33)34-31(2,3)29-25-27-32-28-26-29/h29,32H,4-28H2,1-3H3. The molecule has 0 spiro atoms. The van der Waals surface area contributed by atoms with Crippen molar-refractivity contribution >= 4 is 5.97 Å². The third-order valence-electron chi connectivity index (χ3n) is 7.93. The Morgan fingerprint density at radius 1 is 0.647 bits per heavy atom. The number of hydrogen-bond donors (Lipinski definition) is 1. The molecular formula is C31H61NO2. The van der Waals surface area contributed by atoms with E-state index in [0.717, 1.165) is 32.4 Å². The first-order valence-corrected chi connectivity index (χ1v) is 15.5. The van der Waals surface area contributed by atoms with Gasteiger partial charge in [0.15, 0.2) is 0 Å². The van der Waals surface area contributed by atoms with Gasteiger partial charge in [0.1, 0.15) is 5.60 Å². The van der Waals surface area contributed by atoms with Crippen LogP contribution in [0.1, 0.15) is 168 Å². The number of carbonyl (C=O) groups is 1. The van der Waals surface area contributed by atoms with Crippen LogP contribution in [0.5, 0.6) is 0 Å². The Labute approximate surface area is 214 Å². The van der Waals surface area contributed by atoms with Gasteiger partial charge >= 0.3 is 5.97 Å². The normalized spacial score (nSPS) is 15.0. The summed E-state index contributed by atoms with van der Waals surface area (Å²) in [4.78, 5) is 12.3. The minimum atomic E-state index is -0.313. The Morgan fingerprint density at radius 2 is 1.00 bits per heavy atom. The second-order valence-corrected chi connectivity index (χ2v) is 11.6. The maximum absolute atomic E-state index is 12.3. The summed E-state index contributed by atoms with van der Waals surface area (Å²) in [7, 11) is 0.